The second kappa shape index (κ2) is 11.3. The average molecular weight is 481 g/mol. The Morgan fingerprint density at radius 1 is 1.00 bits per heavy atom. The van der Waals surface area contributed by atoms with Crippen molar-refractivity contribution in [1.82, 2.24) is 0 Å². The van der Waals surface area contributed by atoms with Crippen molar-refractivity contribution in [2.75, 3.05) is 12.9 Å². The molecule has 0 fully saturated rings. The third-order valence-electron chi connectivity index (χ3n) is 4.95. The van der Waals surface area contributed by atoms with Crippen molar-refractivity contribution in [3.05, 3.63) is 89.5 Å². The molecule has 34 heavy (non-hydrogen) atoms. The zero-order chi connectivity index (χ0) is 24.6. The summed E-state index contributed by atoms with van der Waals surface area (Å²) >= 11 is 0. The van der Waals surface area contributed by atoms with Crippen LogP contribution in [-0.2, 0) is 26.2 Å². The number of carbonyl (C=O) groups excluding carboxylic acids is 1. The van der Waals surface area contributed by atoms with Crippen molar-refractivity contribution in [3.63, 3.8) is 0 Å². The first-order valence-electron chi connectivity index (χ1n) is 10.3. The van der Waals surface area contributed by atoms with Crippen molar-refractivity contribution in [1.29, 1.82) is 5.26 Å². The van der Waals surface area contributed by atoms with Gasteiger partial charge < -0.3 is 14.2 Å². The lowest BCUT2D eigenvalue weighted by Gasteiger charge is -2.16. The number of nitriles is 1. The molecule has 0 bridgehead atoms. The highest BCUT2D eigenvalue weighted by molar-refractivity contribution is 7.89. The predicted molar refractivity (Wildman–Crippen MR) is 126 cm³/mol. The zero-order valence-corrected chi connectivity index (χ0v) is 19.3. The van der Waals surface area contributed by atoms with Crippen LogP contribution >= 0.6 is 0 Å². The van der Waals surface area contributed by atoms with Gasteiger partial charge in [0.1, 0.15) is 23.9 Å². The van der Waals surface area contributed by atoms with Gasteiger partial charge in [-0.1, -0.05) is 24.3 Å². The number of nitrogens with two attached hydrogens (primary N) is 1. The van der Waals surface area contributed by atoms with Gasteiger partial charge in [0.15, 0.2) is 0 Å². The summed E-state index contributed by atoms with van der Waals surface area (Å²) in [5.41, 5.74) is 2.08. The molecule has 0 radical (unpaired) electrons. The van der Waals surface area contributed by atoms with E-state index in [1.165, 1.54) is 7.11 Å². The van der Waals surface area contributed by atoms with E-state index in [0.29, 0.717) is 28.4 Å². The summed E-state index contributed by atoms with van der Waals surface area (Å²) in [6.45, 7) is 0.284. The van der Waals surface area contributed by atoms with Gasteiger partial charge in [-0.05, 0) is 59.7 Å². The van der Waals surface area contributed by atoms with E-state index in [1.807, 2.05) is 24.3 Å². The predicted octanol–water partition coefficient (Wildman–Crippen LogP) is 3.86. The lowest BCUT2D eigenvalue weighted by Crippen LogP contribution is -2.24. The van der Waals surface area contributed by atoms with E-state index in [1.54, 1.807) is 48.5 Å². The zero-order valence-electron chi connectivity index (χ0n) is 18.5. The summed E-state index contributed by atoms with van der Waals surface area (Å²) in [5.74, 6) is 0.330. The van der Waals surface area contributed by atoms with Gasteiger partial charge in [-0.3, -0.25) is 4.79 Å². The van der Waals surface area contributed by atoms with Gasteiger partial charge in [0.25, 0.3) is 0 Å². The molecule has 176 valence electrons. The Hall–Kier alpha value is -3.87. The van der Waals surface area contributed by atoms with Crippen molar-refractivity contribution < 1.29 is 27.4 Å². The van der Waals surface area contributed by atoms with Crippen molar-refractivity contribution in [3.8, 4) is 23.3 Å². The summed E-state index contributed by atoms with van der Waals surface area (Å²) in [4.78, 5) is 11.7. The number of rotatable bonds is 10. The molecule has 3 rings (SSSR count). The maximum absolute atomic E-state index is 11.7. The molecule has 1 atom stereocenters. The van der Waals surface area contributed by atoms with Gasteiger partial charge in [-0.15, -0.1) is 0 Å². The minimum Gasteiger partial charge on any atom is -0.489 e. The molecular formula is C25H24N2O6S. The molecule has 0 heterocycles. The second-order valence-electron chi connectivity index (χ2n) is 7.55. The monoisotopic (exact) mass is 480 g/mol. The first-order valence-corrected chi connectivity index (χ1v) is 12.0. The smallest absolute Gasteiger partial charge is 0.306 e. The number of methoxy groups -OCH3 is 1. The van der Waals surface area contributed by atoms with E-state index in [9.17, 15) is 13.2 Å². The highest BCUT2D eigenvalue weighted by atomic mass is 32.2. The maximum atomic E-state index is 11.7. The topological polar surface area (TPSA) is 129 Å². The maximum Gasteiger partial charge on any atom is 0.306 e. The first kappa shape index (κ1) is 24.8. The van der Waals surface area contributed by atoms with Crippen LogP contribution in [0.5, 0.6) is 17.2 Å². The van der Waals surface area contributed by atoms with Crippen LogP contribution in [0.2, 0.25) is 0 Å². The van der Waals surface area contributed by atoms with E-state index in [-0.39, 0.29) is 18.8 Å². The summed E-state index contributed by atoms with van der Waals surface area (Å²) in [5, 5.41) is 14.1. The van der Waals surface area contributed by atoms with Crippen LogP contribution in [0.1, 0.15) is 29.0 Å². The van der Waals surface area contributed by atoms with Gasteiger partial charge in [0.2, 0.25) is 10.0 Å². The molecule has 0 aliphatic heterocycles. The molecule has 0 spiro atoms. The Morgan fingerprint density at radius 3 is 2.29 bits per heavy atom. The lowest BCUT2D eigenvalue weighted by atomic mass is 9.97. The molecule has 3 aromatic carbocycles. The molecule has 8 nitrogen and oxygen atoms in total. The molecule has 0 aliphatic carbocycles. The van der Waals surface area contributed by atoms with Gasteiger partial charge in [-0.25, -0.2) is 13.6 Å². The number of nitrogens with zero attached hydrogens (tertiary/aromatic N) is 1. The number of esters is 1. The molecule has 1 unspecified atom stereocenters. The number of ether oxygens (including phenoxy) is 3. The summed E-state index contributed by atoms with van der Waals surface area (Å²) in [7, 11) is -2.53. The second-order valence-corrected chi connectivity index (χ2v) is 9.21. The number of carbonyl (C=O) groups is 1. The molecule has 2 N–H and O–H groups in total. The first-order chi connectivity index (χ1) is 16.3. The standard InChI is InChI=1S/C25H24N2O6S/c1-31-25(28)14-21(17-34(27,29)30)20-7-11-22(12-8-20)32-16-19-3-2-4-24(13-19)33-23-9-5-18(15-26)6-10-23/h2-13,21H,14,16-17H2,1H3,(H2,27,29,30). The molecular weight excluding hydrogens is 456 g/mol. The Labute approximate surface area is 198 Å². The van der Waals surface area contributed by atoms with Crippen molar-refractivity contribution in [2.24, 2.45) is 5.14 Å². The van der Waals surface area contributed by atoms with E-state index in [0.717, 1.165) is 5.56 Å². The Balaban J connectivity index is 1.63. The number of sulfonamides is 1. The number of hydrogen-bond acceptors (Lipinski definition) is 7. The third-order valence-corrected chi connectivity index (χ3v) is 5.82. The molecule has 3 aromatic rings. The quantitative estimate of drug-likeness (QED) is 0.436. The summed E-state index contributed by atoms with van der Waals surface area (Å²) < 4.78 is 39.5. The van der Waals surface area contributed by atoms with Crippen LogP contribution in [0.4, 0.5) is 0 Å². The van der Waals surface area contributed by atoms with Crippen molar-refractivity contribution in [2.45, 2.75) is 18.9 Å². The van der Waals surface area contributed by atoms with Crippen LogP contribution in [0, 0.1) is 11.3 Å². The van der Waals surface area contributed by atoms with Crippen molar-refractivity contribution >= 4 is 16.0 Å². The Bertz CT molecular complexity index is 1270. The van der Waals surface area contributed by atoms with E-state index < -0.39 is 21.9 Å². The van der Waals surface area contributed by atoms with E-state index >= 15 is 0 Å². The number of hydrogen-bond donors (Lipinski definition) is 1. The van der Waals surface area contributed by atoms with Crippen LogP contribution in [-0.4, -0.2) is 27.2 Å². The molecule has 0 amide bonds. The SMILES string of the molecule is COC(=O)CC(CS(N)(=O)=O)c1ccc(OCc2cccc(Oc3ccc(C#N)cc3)c2)cc1. The minimum absolute atomic E-state index is 0.0981. The number of benzene rings is 3. The Morgan fingerprint density at radius 2 is 1.68 bits per heavy atom. The Kier molecular flexibility index (Phi) is 8.24. The molecule has 9 heteroatoms. The fourth-order valence-electron chi connectivity index (χ4n) is 3.27. The van der Waals surface area contributed by atoms with E-state index in [4.69, 9.17) is 19.9 Å². The molecule has 0 aliphatic rings. The molecule has 0 saturated carbocycles. The highest BCUT2D eigenvalue weighted by Gasteiger charge is 2.21. The fraction of sp³-hybridized carbons (Fsp3) is 0.200. The van der Waals surface area contributed by atoms with Gasteiger partial charge in [0.05, 0.1) is 30.9 Å². The average Bonchev–Trinajstić information content (AvgIpc) is 2.82. The van der Waals surface area contributed by atoms with Crippen LogP contribution < -0.4 is 14.6 Å². The van der Waals surface area contributed by atoms with Crippen LogP contribution in [0.25, 0.3) is 0 Å². The lowest BCUT2D eigenvalue weighted by molar-refractivity contribution is -0.140. The minimum atomic E-state index is -3.78. The van der Waals surface area contributed by atoms with Gasteiger partial charge in [-0.2, -0.15) is 5.26 Å². The van der Waals surface area contributed by atoms with Gasteiger partial charge >= 0.3 is 5.97 Å². The summed E-state index contributed by atoms with van der Waals surface area (Å²) in [6.07, 6.45) is -0.0981. The summed E-state index contributed by atoms with van der Waals surface area (Å²) in [6, 6.07) is 23.2. The fourth-order valence-corrected chi connectivity index (χ4v) is 4.14. The third kappa shape index (κ3) is 7.62. The van der Waals surface area contributed by atoms with E-state index in [2.05, 4.69) is 10.8 Å². The van der Waals surface area contributed by atoms with Crippen LogP contribution in [0.15, 0.2) is 72.8 Å². The highest BCUT2D eigenvalue weighted by Crippen LogP contribution is 2.26. The molecule has 0 aromatic heterocycles. The largest absolute Gasteiger partial charge is 0.489 e. The van der Waals surface area contributed by atoms with Crippen LogP contribution in [0.3, 0.4) is 0 Å². The normalized spacial score (nSPS) is 11.8. The molecule has 0 saturated heterocycles. The van der Waals surface area contributed by atoms with Gasteiger partial charge in [0, 0.05) is 5.92 Å². The number of primary sulfonamides is 1.